The zero-order chi connectivity index (χ0) is 31.3. The minimum absolute atomic E-state index is 0.00739. The third-order valence-electron chi connectivity index (χ3n) is 5.05. The lowest BCUT2D eigenvalue weighted by Gasteiger charge is -2.26. The average molecular weight is 693 g/mol. The summed E-state index contributed by atoms with van der Waals surface area (Å²) in [4.78, 5) is 2.24. The molecule has 1 atom stereocenters. The van der Waals surface area contributed by atoms with Crippen molar-refractivity contribution in [3.63, 3.8) is 0 Å². The van der Waals surface area contributed by atoms with Gasteiger partial charge in [-0.2, -0.15) is 43.2 Å². The smallest absolute Gasteiger partial charge is 0.236 e. The predicted molar refractivity (Wildman–Crippen MR) is 129 cm³/mol. The first-order chi connectivity index (χ1) is 18.5. The van der Waals surface area contributed by atoms with Crippen molar-refractivity contribution in [1.29, 1.82) is 0 Å². The van der Waals surface area contributed by atoms with Gasteiger partial charge in [-0.05, 0) is 54.1 Å². The van der Waals surface area contributed by atoms with Gasteiger partial charge < -0.3 is 0 Å². The Balaban J connectivity index is 2.47. The van der Waals surface area contributed by atoms with E-state index in [1.165, 1.54) is 0 Å². The zero-order valence-corrected chi connectivity index (χ0v) is 23.1. The summed E-state index contributed by atoms with van der Waals surface area (Å²) in [6.07, 6.45) is 0.124. The summed E-state index contributed by atoms with van der Waals surface area (Å²) in [5, 5.41) is -3.56. The van der Waals surface area contributed by atoms with E-state index in [0.29, 0.717) is 18.2 Å². The number of hydrogen-bond donors (Lipinski definition) is 0. The van der Waals surface area contributed by atoms with Crippen LogP contribution in [0.15, 0.2) is 59.6 Å². The fourth-order valence-corrected chi connectivity index (χ4v) is 8.13. The standard InChI is InChI=1S/C20H10Cl2F8N2O6S3/c21-10-1-4-12(5-2-10)39(33,34)18(14-7-11(23)3-6-16(14)24)13-8-17(31-9-15(13)22)32(40(35,36)19(25,26)27)41(37,38)20(28,29)30/h1-9,18H. The van der Waals surface area contributed by atoms with Gasteiger partial charge in [-0.15, -0.1) is 3.71 Å². The molecule has 0 spiro atoms. The van der Waals surface area contributed by atoms with Crippen molar-refractivity contribution in [2.45, 2.75) is 21.2 Å². The SMILES string of the molecule is O=S(=O)(c1ccc(Cl)cc1)C(c1cc(F)ccc1F)c1cc(N(S(=O)(=O)C(F)(F)F)S(=O)(=O)C(F)(F)F)ncc1Cl. The van der Waals surface area contributed by atoms with Crippen molar-refractivity contribution < 1.29 is 60.4 Å². The van der Waals surface area contributed by atoms with E-state index in [1.54, 1.807) is 0 Å². The summed E-state index contributed by atoms with van der Waals surface area (Å²) in [7, 11) is -20.0. The van der Waals surface area contributed by atoms with Crippen molar-refractivity contribution >= 4 is 58.9 Å². The maximum Gasteiger partial charge on any atom is 0.517 e. The Hall–Kier alpha value is -2.74. The van der Waals surface area contributed by atoms with E-state index in [4.69, 9.17) is 23.2 Å². The largest absolute Gasteiger partial charge is 0.517 e. The number of pyridine rings is 1. The van der Waals surface area contributed by atoms with Gasteiger partial charge in [-0.3, -0.25) is 0 Å². The van der Waals surface area contributed by atoms with Crippen LogP contribution in [0.4, 0.5) is 40.9 Å². The number of anilines is 1. The first kappa shape index (κ1) is 32.8. The van der Waals surface area contributed by atoms with E-state index in [0.717, 1.165) is 24.3 Å². The van der Waals surface area contributed by atoms with E-state index in [2.05, 4.69) is 4.98 Å². The molecule has 41 heavy (non-hydrogen) atoms. The van der Waals surface area contributed by atoms with Gasteiger partial charge >= 0.3 is 31.1 Å². The topological polar surface area (TPSA) is 119 Å². The normalized spacial score (nSPS) is 14.1. The number of aromatic nitrogens is 1. The van der Waals surface area contributed by atoms with Crippen LogP contribution < -0.4 is 3.71 Å². The van der Waals surface area contributed by atoms with Gasteiger partial charge in [0.25, 0.3) is 0 Å². The van der Waals surface area contributed by atoms with Crippen LogP contribution in [0.2, 0.25) is 10.0 Å². The number of sulfone groups is 1. The van der Waals surface area contributed by atoms with Gasteiger partial charge in [0.1, 0.15) is 16.9 Å². The summed E-state index contributed by atoms with van der Waals surface area (Å²) in [6, 6.07) is 4.88. The molecule has 224 valence electrons. The number of rotatable bonds is 7. The molecule has 3 aromatic rings. The fourth-order valence-electron chi connectivity index (χ4n) is 3.28. The highest BCUT2D eigenvalue weighted by molar-refractivity contribution is 8.11. The van der Waals surface area contributed by atoms with E-state index in [-0.39, 0.29) is 17.3 Å². The van der Waals surface area contributed by atoms with E-state index in [9.17, 15) is 60.4 Å². The molecule has 1 heterocycles. The Bertz CT molecular complexity index is 1770. The monoisotopic (exact) mass is 692 g/mol. The Kier molecular flexibility index (Phi) is 8.66. The molecule has 2 aromatic carbocycles. The van der Waals surface area contributed by atoms with Crippen LogP contribution in [0.3, 0.4) is 0 Å². The minimum Gasteiger partial charge on any atom is -0.236 e. The van der Waals surface area contributed by atoms with E-state index >= 15 is 0 Å². The van der Waals surface area contributed by atoms with Crippen LogP contribution in [0, 0.1) is 11.6 Å². The quantitative estimate of drug-likeness (QED) is 0.290. The molecular weight excluding hydrogens is 683 g/mol. The molecule has 0 bridgehead atoms. The highest BCUT2D eigenvalue weighted by Gasteiger charge is 2.62. The molecule has 8 nitrogen and oxygen atoms in total. The second kappa shape index (κ2) is 10.8. The summed E-state index contributed by atoms with van der Waals surface area (Å²) < 4.78 is 182. The molecule has 0 radical (unpaired) electrons. The number of halogens is 10. The third-order valence-corrected chi connectivity index (χ3v) is 11.3. The Morgan fingerprint density at radius 2 is 1.24 bits per heavy atom. The molecule has 0 amide bonds. The number of alkyl halides is 6. The van der Waals surface area contributed by atoms with E-state index in [1.807, 2.05) is 0 Å². The molecule has 1 unspecified atom stereocenters. The number of hydrogen-bond acceptors (Lipinski definition) is 7. The highest BCUT2D eigenvalue weighted by atomic mass is 35.5. The summed E-state index contributed by atoms with van der Waals surface area (Å²) >= 11 is 11.7. The average Bonchev–Trinajstić information content (AvgIpc) is 2.82. The zero-order valence-electron chi connectivity index (χ0n) is 19.1. The predicted octanol–water partition coefficient (Wildman–Crippen LogP) is 5.74. The maximum atomic E-state index is 14.9. The molecular formula is C20H10Cl2F8N2O6S3. The van der Waals surface area contributed by atoms with Crippen molar-refractivity contribution in [3.05, 3.63) is 87.5 Å². The Morgan fingerprint density at radius 1 is 0.732 bits per heavy atom. The van der Waals surface area contributed by atoms with Crippen molar-refractivity contribution in [2.75, 3.05) is 3.71 Å². The maximum absolute atomic E-state index is 14.9. The Labute approximate surface area is 236 Å². The van der Waals surface area contributed by atoms with Gasteiger partial charge in [0.2, 0.25) is 0 Å². The molecule has 0 fully saturated rings. The summed E-state index contributed by atoms with van der Waals surface area (Å²) in [5.41, 5.74) is -15.6. The first-order valence-corrected chi connectivity index (χ1v) is 15.2. The van der Waals surface area contributed by atoms with Crippen LogP contribution in [-0.2, 0) is 29.9 Å². The molecule has 0 aliphatic carbocycles. The first-order valence-electron chi connectivity index (χ1n) is 10.1. The molecule has 0 saturated heterocycles. The molecule has 1 aromatic heterocycles. The van der Waals surface area contributed by atoms with Crippen molar-refractivity contribution in [1.82, 2.24) is 4.98 Å². The molecule has 21 heteroatoms. The van der Waals surface area contributed by atoms with Gasteiger partial charge in [0.05, 0.1) is 9.92 Å². The molecule has 0 N–H and O–H groups in total. The van der Waals surface area contributed by atoms with Crippen molar-refractivity contribution in [2.24, 2.45) is 0 Å². The van der Waals surface area contributed by atoms with Crippen LogP contribution in [0.1, 0.15) is 16.4 Å². The van der Waals surface area contributed by atoms with Crippen LogP contribution >= 0.6 is 23.2 Å². The van der Waals surface area contributed by atoms with Gasteiger partial charge in [-0.1, -0.05) is 23.2 Å². The number of sulfonamides is 2. The summed E-state index contributed by atoms with van der Waals surface area (Å²) in [6.45, 7) is 0. The van der Waals surface area contributed by atoms with Gasteiger partial charge in [0.15, 0.2) is 15.7 Å². The number of nitrogens with zero attached hydrogens (tertiary/aromatic N) is 2. The lowest BCUT2D eigenvalue weighted by atomic mass is 10.0. The van der Waals surface area contributed by atoms with Crippen LogP contribution in [-0.4, -0.2) is 41.3 Å². The molecule has 0 aliphatic rings. The lowest BCUT2D eigenvalue weighted by molar-refractivity contribution is -0.0462. The van der Waals surface area contributed by atoms with Gasteiger partial charge in [-0.25, -0.2) is 22.2 Å². The Morgan fingerprint density at radius 3 is 1.73 bits per heavy atom. The van der Waals surface area contributed by atoms with Crippen LogP contribution in [0.25, 0.3) is 0 Å². The lowest BCUT2D eigenvalue weighted by Crippen LogP contribution is -2.49. The highest BCUT2D eigenvalue weighted by Crippen LogP contribution is 2.43. The molecule has 0 aliphatic heterocycles. The third kappa shape index (κ3) is 6.08. The second-order valence-corrected chi connectivity index (χ2v) is 14.4. The van der Waals surface area contributed by atoms with Gasteiger partial charge in [0, 0.05) is 16.8 Å². The van der Waals surface area contributed by atoms with E-state index < -0.39 is 88.4 Å². The fraction of sp³-hybridized carbons (Fsp3) is 0.150. The molecule has 0 saturated carbocycles. The summed E-state index contributed by atoms with van der Waals surface area (Å²) in [5.74, 6) is -4.87. The van der Waals surface area contributed by atoms with Crippen LogP contribution in [0.5, 0.6) is 0 Å². The second-order valence-electron chi connectivity index (χ2n) is 7.71. The number of benzene rings is 2. The minimum atomic E-state index is -7.44. The molecule has 3 rings (SSSR count). The van der Waals surface area contributed by atoms with Crippen molar-refractivity contribution in [3.8, 4) is 0 Å².